The summed E-state index contributed by atoms with van der Waals surface area (Å²) in [7, 11) is 0. The standard InChI is InChI=1S/C26H42N2O2/c1-18-6-5-9-28(17-18)24(30)16-26(7-3-2-4-8-26)15-23(29)27-25-21-11-19-10-20(13-21)14-22(25)12-19/h18-22,25H,2-17H2,1H3,(H,27,29). The van der Waals surface area contributed by atoms with Gasteiger partial charge >= 0.3 is 0 Å². The molecule has 0 aromatic carbocycles. The van der Waals surface area contributed by atoms with Crippen LogP contribution in [0, 0.1) is 35.0 Å². The van der Waals surface area contributed by atoms with E-state index in [1.807, 2.05) is 0 Å². The number of hydrogen-bond acceptors (Lipinski definition) is 2. The fourth-order valence-corrected chi connectivity index (χ4v) is 8.30. The number of hydrogen-bond donors (Lipinski definition) is 1. The lowest BCUT2D eigenvalue weighted by atomic mass is 9.54. The van der Waals surface area contributed by atoms with Gasteiger partial charge in [-0.05, 0) is 92.8 Å². The highest BCUT2D eigenvalue weighted by Gasteiger charge is 2.49. The van der Waals surface area contributed by atoms with Crippen molar-refractivity contribution >= 4 is 11.8 Å². The van der Waals surface area contributed by atoms with Crippen LogP contribution in [0.1, 0.15) is 96.8 Å². The zero-order valence-electron chi connectivity index (χ0n) is 19.0. The Kier molecular flexibility index (Phi) is 5.88. The van der Waals surface area contributed by atoms with Gasteiger partial charge in [0.15, 0.2) is 0 Å². The minimum Gasteiger partial charge on any atom is -0.353 e. The molecule has 4 bridgehead atoms. The number of carbonyl (C=O) groups is 2. The van der Waals surface area contributed by atoms with Crippen LogP contribution in [0.4, 0.5) is 0 Å². The summed E-state index contributed by atoms with van der Waals surface area (Å²) < 4.78 is 0. The Bertz CT molecular complexity index is 625. The van der Waals surface area contributed by atoms with Gasteiger partial charge in [-0.15, -0.1) is 0 Å². The molecular formula is C26H42N2O2. The molecule has 1 aliphatic heterocycles. The van der Waals surface area contributed by atoms with Gasteiger partial charge in [0.05, 0.1) is 0 Å². The lowest BCUT2D eigenvalue weighted by Crippen LogP contribution is -2.56. The van der Waals surface area contributed by atoms with E-state index in [2.05, 4.69) is 17.1 Å². The first-order chi connectivity index (χ1) is 14.5. The Morgan fingerprint density at radius 3 is 2.20 bits per heavy atom. The number of likely N-dealkylation sites (tertiary alicyclic amines) is 1. The van der Waals surface area contributed by atoms with E-state index in [1.165, 1.54) is 57.8 Å². The normalized spacial score (nSPS) is 39.7. The van der Waals surface area contributed by atoms with Crippen LogP contribution in [-0.2, 0) is 9.59 Å². The van der Waals surface area contributed by atoms with Gasteiger partial charge < -0.3 is 10.2 Å². The van der Waals surface area contributed by atoms with Crippen molar-refractivity contribution in [1.82, 2.24) is 10.2 Å². The summed E-state index contributed by atoms with van der Waals surface area (Å²) in [4.78, 5) is 28.6. The van der Waals surface area contributed by atoms with E-state index in [4.69, 9.17) is 0 Å². The van der Waals surface area contributed by atoms with Gasteiger partial charge in [-0.25, -0.2) is 0 Å². The molecule has 2 amide bonds. The van der Waals surface area contributed by atoms with Crippen LogP contribution in [0.3, 0.4) is 0 Å². The maximum Gasteiger partial charge on any atom is 0.223 e. The second kappa shape index (κ2) is 8.47. The number of nitrogens with one attached hydrogen (secondary N) is 1. The molecule has 1 saturated heterocycles. The van der Waals surface area contributed by atoms with Crippen LogP contribution in [0.2, 0.25) is 0 Å². The number of piperidine rings is 1. The van der Waals surface area contributed by atoms with Crippen molar-refractivity contribution in [2.24, 2.45) is 35.0 Å². The van der Waals surface area contributed by atoms with Crippen molar-refractivity contribution in [2.45, 2.75) is 103 Å². The van der Waals surface area contributed by atoms with Crippen molar-refractivity contribution in [2.75, 3.05) is 13.1 Å². The number of amides is 2. The van der Waals surface area contributed by atoms with Crippen molar-refractivity contribution in [3.05, 3.63) is 0 Å². The van der Waals surface area contributed by atoms with Crippen LogP contribution in [0.25, 0.3) is 0 Å². The van der Waals surface area contributed by atoms with E-state index in [1.54, 1.807) is 0 Å². The molecule has 6 rings (SSSR count). The van der Waals surface area contributed by atoms with E-state index >= 15 is 0 Å². The van der Waals surface area contributed by atoms with Crippen LogP contribution >= 0.6 is 0 Å². The predicted molar refractivity (Wildman–Crippen MR) is 119 cm³/mol. The monoisotopic (exact) mass is 414 g/mol. The highest BCUT2D eigenvalue weighted by Crippen LogP contribution is 2.54. The lowest BCUT2D eigenvalue weighted by Gasteiger charge is -2.54. The highest BCUT2D eigenvalue weighted by molar-refractivity contribution is 5.81. The van der Waals surface area contributed by atoms with Gasteiger partial charge in [0, 0.05) is 32.0 Å². The molecular weight excluding hydrogens is 372 g/mol. The second-order valence-corrected chi connectivity index (χ2v) is 12.0. The maximum atomic E-state index is 13.3. The van der Waals surface area contributed by atoms with Crippen LogP contribution in [-0.4, -0.2) is 35.8 Å². The first kappa shape index (κ1) is 20.8. The molecule has 0 aromatic heterocycles. The third-order valence-corrected chi connectivity index (χ3v) is 9.54. The highest BCUT2D eigenvalue weighted by atomic mass is 16.2. The first-order valence-corrected chi connectivity index (χ1v) is 13.1. The third-order valence-electron chi connectivity index (χ3n) is 9.54. The van der Waals surface area contributed by atoms with E-state index in [0.717, 1.165) is 56.0 Å². The van der Waals surface area contributed by atoms with Crippen molar-refractivity contribution < 1.29 is 9.59 Å². The molecule has 5 saturated carbocycles. The van der Waals surface area contributed by atoms with Gasteiger partial charge in [-0.2, -0.15) is 0 Å². The number of carbonyl (C=O) groups excluding carboxylic acids is 2. The molecule has 5 aliphatic carbocycles. The largest absolute Gasteiger partial charge is 0.353 e. The summed E-state index contributed by atoms with van der Waals surface area (Å²) in [6, 6.07) is 0.421. The van der Waals surface area contributed by atoms with E-state index in [0.29, 0.717) is 30.7 Å². The number of nitrogens with zero attached hydrogens (tertiary/aromatic N) is 1. The van der Waals surface area contributed by atoms with Crippen LogP contribution in [0.5, 0.6) is 0 Å². The van der Waals surface area contributed by atoms with Gasteiger partial charge in [0.2, 0.25) is 11.8 Å². The zero-order valence-corrected chi connectivity index (χ0v) is 19.0. The van der Waals surface area contributed by atoms with E-state index in [-0.39, 0.29) is 11.3 Å². The van der Waals surface area contributed by atoms with Crippen molar-refractivity contribution in [1.29, 1.82) is 0 Å². The SMILES string of the molecule is CC1CCCN(C(=O)CC2(CC(=O)NC3C4CC5CC(C4)CC3C5)CCCCC2)C1. The Labute approximate surface area is 182 Å². The van der Waals surface area contributed by atoms with Gasteiger partial charge in [0.25, 0.3) is 0 Å². The van der Waals surface area contributed by atoms with E-state index in [9.17, 15) is 9.59 Å². The molecule has 1 unspecified atom stereocenters. The molecule has 6 aliphatic rings. The molecule has 0 spiro atoms. The van der Waals surface area contributed by atoms with Gasteiger partial charge in [-0.1, -0.05) is 26.2 Å². The topological polar surface area (TPSA) is 49.4 Å². The Hall–Kier alpha value is -1.06. The summed E-state index contributed by atoms with van der Waals surface area (Å²) in [6.07, 6.45) is 16.1. The molecule has 1 atom stereocenters. The van der Waals surface area contributed by atoms with Gasteiger partial charge in [0.1, 0.15) is 0 Å². The third kappa shape index (κ3) is 4.30. The maximum absolute atomic E-state index is 13.3. The average molecular weight is 415 g/mol. The van der Waals surface area contributed by atoms with Crippen LogP contribution < -0.4 is 5.32 Å². The molecule has 6 fully saturated rings. The molecule has 4 nitrogen and oxygen atoms in total. The fourth-order valence-electron chi connectivity index (χ4n) is 8.30. The van der Waals surface area contributed by atoms with Gasteiger partial charge in [-0.3, -0.25) is 9.59 Å². The summed E-state index contributed by atoms with van der Waals surface area (Å²) in [5.41, 5.74) is -0.0913. The second-order valence-electron chi connectivity index (χ2n) is 12.0. The predicted octanol–water partition coefficient (Wildman–Crippen LogP) is 4.92. The summed E-state index contributed by atoms with van der Waals surface area (Å²) in [5, 5.41) is 3.53. The van der Waals surface area contributed by atoms with Crippen molar-refractivity contribution in [3.8, 4) is 0 Å². The minimum absolute atomic E-state index is 0.0913. The molecule has 168 valence electrons. The Balaban J connectivity index is 1.22. The summed E-state index contributed by atoms with van der Waals surface area (Å²) in [5.74, 6) is 4.50. The minimum atomic E-state index is -0.0913. The van der Waals surface area contributed by atoms with E-state index < -0.39 is 0 Å². The molecule has 0 aromatic rings. The summed E-state index contributed by atoms with van der Waals surface area (Å²) in [6.45, 7) is 4.09. The molecule has 0 radical (unpaired) electrons. The molecule has 4 heteroatoms. The first-order valence-electron chi connectivity index (χ1n) is 13.1. The smallest absolute Gasteiger partial charge is 0.223 e. The average Bonchev–Trinajstić information content (AvgIpc) is 2.70. The Morgan fingerprint density at radius 2 is 1.57 bits per heavy atom. The van der Waals surface area contributed by atoms with Crippen LogP contribution in [0.15, 0.2) is 0 Å². The summed E-state index contributed by atoms with van der Waals surface area (Å²) >= 11 is 0. The zero-order chi connectivity index (χ0) is 20.7. The lowest BCUT2D eigenvalue weighted by molar-refractivity contribution is -0.137. The Morgan fingerprint density at radius 1 is 0.900 bits per heavy atom. The molecule has 1 heterocycles. The van der Waals surface area contributed by atoms with Crippen molar-refractivity contribution in [3.63, 3.8) is 0 Å². The molecule has 30 heavy (non-hydrogen) atoms. The fraction of sp³-hybridized carbons (Fsp3) is 0.923. The number of rotatable bonds is 5. The molecule has 1 N–H and O–H groups in total. The quantitative estimate of drug-likeness (QED) is 0.694.